The molecule has 2 aromatic heterocycles. The smallest absolute Gasteiger partial charge is 0.265 e. The van der Waals surface area contributed by atoms with Crippen LogP contribution in [-0.4, -0.2) is 28.1 Å². The largest absolute Gasteiger partial charge is 0.370 e. The van der Waals surface area contributed by atoms with Gasteiger partial charge < -0.3 is 19.8 Å². The lowest BCUT2D eigenvalue weighted by atomic mass is 9.88. The highest BCUT2D eigenvalue weighted by Gasteiger charge is 2.28. The summed E-state index contributed by atoms with van der Waals surface area (Å²) in [5.41, 5.74) is 8.54. The van der Waals surface area contributed by atoms with E-state index in [-0.39, 0.29) is 22.9 Å². The Hall–Kier alpha value is -3.61. The predicted octanol–water partition coefficient (Wildman–Crippen LogP) is 3.65. The van der Waals surface area contributed by atoms with E-state index in [0.29, 0.717) is 24.2 Å². The number of rotatable bonds is 3. The molecule has 1 saturated heterocycles. The zero-order chi connectivity index (χ0) is 22.6. The second-order valence-corrected chi connectivity index (χ2v) is 8.59. The van der Waals surface area contributed by atoms with E-state index in [9.17, 15) is 14.0 Å². The van der Waals surface area contributed by atoms with Gasteiger partial charge in [0.25, 0.3) is 11.5 Å². The van der Waals surface area contributed by atoms with Gasteiger partial charge in [0.15, 0.2) is 0 Å². The summed E-state index contributed by atoms with van der Waals surface area (Å²) >= 11 is 0. The first-order valence-electron chi connectivity index (χ1n) is 10.8. The number of anilines is 1. The number of para-hydroxylation sites is 1. The molecule has 1 aliphatic heterocycles. The van der Waals surface area contributed by atoms with Gasteiger partial charge in [-0.25, -0.2) is 4.39 Å². The number of halogens is 1. The fourth-order valence-corrected chi connectivity index (χ4v) is 5.05. The second kappa shape index (κ2) is 7.51. The summed E-state index contributed by atoms with van der Waals surface area (Å²) in [7, 11) is 3.57. The maximum absolute atomic E-state index is 14.6. The summed E-state index contributed by atoms with van der Waals surface area (Å²) < 4.78 is 18.1. The third kappa shape index (κ3) is 3.07. The van der Waals surface area contributed by atoms with Crippen molar-refractivity contribution < 1.29 is 9.18 Å². The zero-order valence-corrected chi connectivity index (χ0v) is 18.1. The molecule has 32 heavy (non-hydrogen) atoms. The van der Waals surface area contributed by atoms with E-state index in [4.69, 9.17) is 5.73 Å². The number of carbonyl (C=O) groups excluding carboxylic acids is 1. The zero-order valence-electron chi connectivity index (χ0n) is 18.1. The minimum absolute atomic E-state index is 0.0286. The Labute approximate surface area is 184 Å². The number of fused-ring (bicyclic) bond motifs is 2. The molecule has 0 radical (unpaired) electrons. The molecule has 3 heterocycles. The third-order valence-corrected chi connectivity index (χ3v) is 6.78. The molecule has 164 valence electrons. The molecule has 0 unspecified atom stereocenters. The minimum atomic E-state index is -0.718. The van der Waals surface area contributed by atoms with E-state index in [1.165, 1.54) is 4.57 Å². The number of nitrogens with two attached hydrogens (primary N) is 1. The molecule has 6 nitrogen and oxygen atoms in total. The molecule has 5 rings (SSSR count). The molecule has 0 aliphatic carbocycles. The summed E-state index contributed by atoms with van der Waals surface area (Å²) in [6.45, 7) is 1.30. The number of amides is 1. The number of aromatic nitrogens is 2. The van der Waals surface area contributed by atoms with Gasteiger partial charge in [-0.15, -0.1) is 0 Å². The Morgan fingerprint density at radius 1 is 1.03 bits per heavy atom. The molecule has 1 aliphatic rings. The van der Waals surface area contributed by atoms with E-state index in [1.807, 2.05) is 42.1 Å². The van der Waals surface area contributed by atoms with Gasteiger partial charge in [-0.05, 0) is 48.6 Å². The normalized spacial score (nSPS) is 15.0. The van der Waals surface area contributed by atoms with Crippen molar-refractivity contribution in [2.24, 2.45) is 19.8 Å². The van der Waals surface area contributed by atoms with Crippen LogP contribution in [0.3, 0.4) is 0 Å². The fraction of sp³-hybridized carbons (Fsp3) is 0.280. The molecule has 1 fully saturated rings. The molecular formula is C25H25FN4O2. The first-order chi connectivity index (χ1) is 15.4. The van der Waals surface area contributed by atoms with Crippen LogP contribution < -0.4 is 16.2 Å². The maximum atomic E-state index is 14.6. The first-order valence-corrected chi connectivity index (χ1v) is 10.8. The lowest BCUT2D eigenvalue weighted by Crippen LogP contribution is -2.38. The lowest BCUT2D eigenvalue weighted by Gasteiger charge is -2.35. The number of carbonyl (C=O) groups is 1. The van der Waals surface area contributed by atoms with E-state index < -0.39 is 5.91 Å². The van der Waals surface area contributed by atoms with Crippen molar-refractivity contribution in [1.82, 2.24) is 9.13 Å². The van der Waals surface area contributed by atoms with Gasteiger partial charge >= 0.3 is 0 Å². The highest BCUT2D eigenvalue weighted by atomic mass is 19.1. The average Bonchev–Trinajstić information content (AvgIpc) is 3.17. The fourth-order valence-electron chi connectivity index (χ4n) is 5.05. The number of aryl methyl sites for hydroxylation is 2. The van der Waals surface area contributed by atoms with Crippen molar-refractivity contribution in [3.8, 4) is 0 Å². The van der Waals surface area contributed by atoms with Crippen LogP contribution in [0.25, 0.3) is 21.8 Å². The second-order valence-electron chi connectivity index (χ2n) is 8.59. The van der Waals surface area contributed by atoms with Crippen molar-refractivity contribution in [2.45, 2.75) is 18.8 Å². The van der Waals surface area contributed by atoms with E-state index in [2.05, 4.69) is 11.0 Å². The van der Waals surface area contributed by atoms with Crippen molar-refractivity contribution in [2.75, 3.05) is 18.0 Å². The molecule has 4 aromatic rings. The molecule has 1 amide bonds. The third-order valence-electron chi connectivity index (χ3n) is 6.78. The number of hydrogen-bond donors (Lipinski definition) is 1. The standard InChI is InChI=1S/C25H25FN4O2/c1-28-10-9-17-19(26)13-16(14-21(17)28)15-7-11-30(12-8-15)23-18-5-3-4-6-20(18)29(2)25(32)22(23)24(27)31/h3-6,9-10,13-15H,7-8,11-12H2,1-2H3,(H2,27,31). The van der Waals surface area contributed by atoms with Crippen LogP contribution in [0.4, 0.5) is 10.1 Å². The van der Waals surface area contributed by atoms with Crippen LogP contribution in [0.2, 0.25) is 0 Å². The number of hydrogen-bond acceptors (Lipinski definition) is 3. The van der Waals surface area contributed by atoms with Crippen LogP contribution in [-0.2, 0) is 14.1 Å². The summed E-state index contributed by atoms with van der Waals surface area (Å²) in [4.78, 5) is 27.3. The summed E-state index contributed by atoms with van der Waals surface area (Å²) in [5.74, 6) is -0.714. The molecule has 2 N–H and O–H groups in total. The first kappa shape index (κ1) is 20.3. The lowest BCUT2D eigenvalue weighted by molar-refractivity contribution is 0.0999. The van der Waals surface area contributed by atoms with Crippen molar-refractivity contribution in [3.63, 3.8) is 0 Å². The van der Waals surface area contributed by atoms with Crippen LogP contribution >= 0.6 is 0 Å². The summed E-state index contributed by atoms with van der Waals surface area (Å²) in [6.07, 6.45) is 3.45. The van der Waals surface area contributed by atoms with Gasteiger partial charge in [-0.2, -0.15) is 0 Å². The van der Waals surface area contributed by atoms with Crippen molar-refractivity contribution in [3.05, 3.63) is 76.0 Å². The predicted molar refractivity (Wildman–Crippen MR) is 125 cm³/mol. The minimum Gasteiger partial charge on any atom is -0.370 e. The van der Waals surface area contributed by atoms with Gasteiger partial charge in [-0.1, -0.05) is 18.2 Å². The van der Waals surface area contributed by atoms with Gasteiger partial charge in [0.05, 0.1) is 16.7 Å². The van der Waals surface area contributed by atoms with Crippen LogP contribution in [0.1, 0.15) is 34.7 Å². The Kier molecular flexibility index (Phi) is 4.77. The van der Waals surface area contributed by atoms with Gasteiger partial charge in [0, 0.05) is 44.2 Å². The van der Waals surface area contributed by atoms with Crippen LogP contribution in [0, 0.1) is 5.82 Å². The SMILES string of the molecule is Cn1ccc2c(F)cc(C3CCN(c4c(C(N)=O)c(=O)n(C)c5ccccc45)CC3)cc21. The highest BCUT2D eigenvalue weighted by molar-refractivity contribution is 6.07. The number of benzene rings is 2. The number of primary amides is 1. The molecule has 0 bridgehead atoms. The number of pyridine rings is 1. The molecule has 0 saturated carbocycles. The van der Waals surface area contributed by atoms with Crippen LogP contribution in [0.15, 0.2) is 53.5 Å². The summed E-state index contributed by atoms with van der Waals surface area (Å²) in [5, 5.41) is 1.46. The number of nitrogens with zero attached hydrogens (tertiary/aromatic N) is 3. The Morgan fingerprint density at radius 2 is 1.75 bits per heavy atom. The van der Waals surface area contributed by atoms with Crippen molar-refractivity contribution >= 4 is 33.4 Å². The molecule has 7 heteroatoms. The highest BCUT2D eigenvalue weighted by Crippen LogP contribution is 2.36. The van der Waals surface area contributed by atoms with Gasteiger partial charge in [-0.3, -0.25) is 9.59 Å². The van der Waals surface area contributed by atoms with E-state index in [1.54, 1.807) is 19.2 Å². The van der Waals surface area contributed by atoms with E-state index in [0.717, 1.165) is 34.8 Å². The van der Waals surface area contributed by atoms with Crippen LogP contribution in [0.5, 0.6) is 0 Å². The Bertz CT molecular complexity index is 1430. The molecule has 0 atom stereocenters. The summed E-state index contributed by atoms with van der Waals surface area (Å²) in [6, 6.07) is 13.1. The Balaban J connectivity index is 1.52. The van der Waals surface area contributed by atoms with Gasteiger partial charge in [0.1, 0.15) is 11.4 Å². The molecule has 2 aromatic carbocycles. The molecular weight excluding hydrogens is 407 g/mol. The molecule has 0 spiro atoms. The van der Waals surface area contributed by atoms with Gasteiger partial charge in [0.2, 0.25) is 0 Å². The topological polar surface area (TPSA) is 73.3 Å². The van der Waals surface area contributed by atoms with E-state index >= 15 is 0 Å². The average molecular weight is 432 g/mol. The monoisotopic (exact) mass is 432 g/mol. The quantitative estimate of drug-likeness (QED) is 0.537. The Morgan fingerprint density at radius 3 is 2.47 bits per heavy atom. The maximum Gasteiger partial charge on any atom is 0.265 e. The number of piperidine rings is 1. The van der Waals surface area contributed by atoms with Crippen molar-refractivity contribution in [1.29, 1.82) is 0 Å².